The Morgan fingerprint density at radius 2 is 1.62 bits per heavy atom. The molecule has 11 nitrogen and oxygen atoms in total. The lowest BCUT2D eigenvalue weighted by molar-refractivity contribution is -0.147. The van der Waals surface area contributed by atoms with Gasteiger partial charge in [-0.2, -0.15) is 0 Å². The molecule has 2 fully saturated rings. The van der Waals surface area contributed by atoms with Crippen LogP contribution in [0.4, 0.5) is 4.79 Å². The number of Topliss-reactive ketones (excluding diaryl/α,β-unsaturated/α-hetero) is 1. The average Bonchev–Trinajstić information content (AvgIpc) is 3.08. The van der Waals surface area contributed by atoms with Crippen molar-refractivity contribution in [3.63, 3.8) is 0 Å². The van der Waals surface area contributed by atoms with E-state index >= 15 is 0 Å². The van der Waals surface area contributed by atoms with Crippen molar-refractivity contribution in [1.82, 2.24) is 21.0 Å². The number of hydrogen-bond donors (Lipinski definition) is 3. The van der Waals surface area contributed by atoms with Gasteiger partial charge < -0.3 is 20.3 Å². The van der Waals surface area contributed by atoms with Gasteiger partial charge >= 0.3 is 12.0 Å². The molecule has 11 heteroatoms. The van der Waals surface area contributed by atoms with E-state index in [1.165, 1.54) is 12.0 Å². The molecule has 0 aromatic rings. The van der Waals surface area contributed by atoms with Crippen LogP contribution < -0.4 is 16.1 Å². The van der Waals surface area contributed by atoms with Crippen molar-refractivity contribution < 1.29 is 33.5 Å². The van der Waals surface area contributed by atoms with Crippen LogP contribution in [0.25, 0.3) is 0 Å². The van der Waals surface area contributed by atoms with E-state index in [0.717, 1.165) is 0 Å². The van der Waals surface area contributed by atoms with Crippen molar-refractivity contribution in [3.8, 4) is 0 Å². The molecule has 3 N–H and O–H groups in total. The maximum absolute atomic E-state index is 13.9. The van der Waals surface area contributed by atoms with Crippen LogP contribution in [0.3, 0.4) is 0 Å². The second-order valence-corrected chi connectivity index (χ2v) is 12.7. The van der Waals surface area contributed by atoms with E-state index in [9.17, 15) is 24.0 Å². The molecule has 4 amide bonds. The molecule has 0 bridgehead atoms. The van der Waals surface area contributed by atoms with Gasteiger partial charge in [0, 0.05) is 6.54 Å². The third kappa shape index (κ3) is 7.00. The van der Waals surface area contributed by atoms with E-state index in [1.807, 2.05) is 47.0 Å². The lowest BCUT2D eigenvalue weighted by atomic mass is 9.85. The highest BCUT2D eigenvalue weighted by atomic mass is 16.6. The summed E-state index contributed by atoms with van der Waals surface area (Å²) < 4.78 is 5.38. The van der Waals surface area contributed by atoms with Crippen LogP contribution in [-0.4, -0.2) is 71.9 Å². The summed E-state index contributed by atoms with van der Waals surface area (Å²) in [4.78, 5) is 70.8. The van der Waals surface area contributed by atoms with Gasteiger partial charge in [-0.25, -0.2) is 10.3 Å². The number of rotatable bonds is 9. The number of piperidine rings is 1. The minimum Gasteiger partial charge on any atom is -0.444 e. The number of nitrogens with one attached hydrogen (secondary N) is 3. The zero-order valence-electron chi connectivity index (χ0n) is 23.8. The van der Waals surface area contributed by atoms with Crippen molar-refractivity contribution in [3.05, 3.63) is 0 Å². The summed E-state index contributed by atoms with van der Waals surface area (Å²) in [5.74, 6) is -2.67. The summed E-state index contributed by atoms with van der Waals surface area (Å²) in [7, 11) is 1.22. The summed E-state index contributed by atoms with van der Waals surface area (Å²) in [6.07, 6.45) is 0.0856. The predicted molar refractivity (Wildman–Crippen MR) is 136 cm³/mol. The lowest BCUT2D eigenvalue weighted by Gasteiger charge is -2.38. The van der Waals surface area contributed by atoms with E-state index in [-0.39, 0.29) is 23.7 Å². The molecule has 1 saturated heterocycles. The average molecular weight is 525 g/mol. The first kappa shape index (κ1) is 30.5. The number of likely N-dealkylation sites (tertiary alicyclic amines) is 1. The molecule has 210 valence electrons. The second kappa shape index (κ2) is 11.0. The fourth-order valence-electron chi connectivity index (χ4n) is 5.17. The molecule has 0 aromatic heterocycles. The highest BCUT2D eigenvalue weighted by molar-refractivity contribution is 6.38. The van der Waals surface area contributed by atoms with Crippen LogP contribution in [0.15, 0.2) is 0 Å². The summed E-state index contributed by atoms with van der Waals surface area (Å²) in [6.45, 7) is 17.0. The van der Waals surface area contributed by atoms with E-state index < -0.39 is 58.7 Å². The topological polar surface area (TPSA) is 143 Å². The van der Waals surface area contributed by atoms with Crippen LogP contribution >= 0.6 is 0 Å². The van der Waals surface area contributed by atoms with Crippen LogP contribution in [0.2, 0.25) is 0 Å². The van der Waals surface area contributed by atoms with Crippen molar-refractivity contribution in [2.24, 2.45) is 22.7 Å². The van der Waals surface area contributed by atoms with Gasteiger partial charge in [0.15, 0.2) is 0 Å². The van der Waals surface area contributed by atoms with Crippen molar-refractivity contribution >= 4 is 29.6 Å². The van der Waals surface area contributed by atoms with Gasteiger partial charge in [0.2, 0.25) is 17.6 Å². The molecule has 0 spiro atoms. The first-order valence-corrected chi connectivity index (χ1v) is 12.8. The Morgan fingerprint density at radius 3 is 2.11 bits per heavy atom. The summed E-state index contributed by atoms with van der Waals surface area (Å²) in [5, 5.41) is 5.42. The Bertz CT molecular complexity index is 919. The monoisotopic (exact) mass is 524 g/mol. The fraction of sp³-hybridized carbons (Fsp3) is 0.808. The zero-order chi connectivity index (χ0) is 28.5. The van der Waals surface area contributed by atoms with E-state index in [1.54, 1.807) is 20.8 Å². The molecular formula is C26H44N4O7. The number of alkyl carbamates (subject to hydrolysis) is 1. The second-order valence-electron chi connectivity index (χ2n) is 12.7. The highest BCUT2D eigenvalue weighted by Crippen LogP contribution is 2.65. The molecule has 1 aliphatic carbocycles. The Hall–Kier alpha value is -2.69. The normalized spacial score (nSPS) is 23.8. The van der Waals surface area contributed by atoms with Gasteiger partial charge in [-0.05, 0) is 49.9 Å². The quantitative estimate of drug-likeness (QED) is 0.309. The summed E-state index contributed by atoms with van der Waals surface area (Å²) >= 11 is 0. The number of hydroxylamine groups is 1. The molecule has 5 atom stereocenters. The van der Waals surface area contributed by atoms with Crippen LogP contribution in [0.5, 0.6) is 0 Å². The SMILES string of the molecule is CCCC(NC(=O)[C@@H]1[C@@H]2C(CN1C(=O)[C@@H](NC(=O)OC(C)(C)C)C(C)(C)C)C2(C)C)C(=O)C(=O)NOC. The van der Waals surface area contributed by atoms with Gasteiger partial charge in [-0.3, -0.25) is 24.0 Å². The Morgan fingerprint density at radius 1 is 1.03 bits per heavy atom. The van der Waals surface area contributed by atoms with Gasteiger partial charge in [0.05, 0.1) is 13.2 Å². The van der Waals surface area contributed by atoms with E-state index in [2.05, 4.69) is 15.5 Å². The van der Waals surface area contributed by atoms with E-state index in [4.69, 9.17) is 4.74 Å². The van der Waals surface area contributed by atoms with Gasteiger partial charge in [0.1, 0.15) is 17.7 Å². The third-order valence-electron chi connectivity index (χ3n) is 7.16. The fourth-order valence-corrected chi connectivity index (χ4v) is 5.17. The van der Waals surface area contributed by atoms with Crippen molar-refractivity contribution in [1.29, 1.82) is 0 Å². The van der Waals surface area contributed by atoms with Crippen LogP contribution in [-0.2, 0) is 28.8 Å². The molecule has 2 aliphatic rings. The highest BCUT2D eigenvalue weighted by Gasteiger charge is 2.69. The van der Waals surface area contributed by atoms with Gasteiger partial charge in [0.25, 0.3) is 0 Å². The van der Waals surface area contributed by atoms with Gasteiger partial charge in [-0.15, -0.1) is 0 Å². The standard InChI is InChI=1S/C26H44N4O7/c1-11-12-15(18(31)21(33)29-36-10)27-20(32)17-16-14(26(16,8)9)13-30(17)22(34)19(24(2,3)4)28-23(35)37-25(5,6)7/h14-17,19H,11-13H2,1-10H3,(H,27,32)(H,28,35)(H,29,33)/t14?,15?,16-,17-,19+/m0/s1. The first-order chi connectivity index (χ1) is 16.9. The number of carbonyl (C=O) groups excluding carboxylic acids is 5. The predicted octanol–water partition coefficient (Wildman–Crippen LogP) is 1.94. The van der Waals surface area contributed by atoms with E-state index in [0.29, 0.717) is 13.0 Å². The largest absolute Gasteiger partial charge is 0.444 e. The van der Waals surface area contributed by atoms with Gasteiger partial charge in [-0.1, -0.05) is 48.0 Å². The molecule has 0 radical (unpaired) electrons. The molecule has 1 saturated carbocycles. The molecule has 37 heavy (non-hydrogen) atoms. The molecule has 1 aliphatic heterocycles. The molecule has 1 heterocycles. The summed E-state index contributed by atoms with van der Waals surface area (Å²) in [6, 6.07) is -2.84. The number of ether oxygens (including phenoxy) is 1. The lowest BCUT2D eigenvalue weighted by Crippen LogP contribution is -2.60. The smallest absolute Gasteiger partial charge is 0.408 e. The first-order valence-electron chi connectivity index (χ1n) is 12.8. The number of nitrogens with zero attached hydrogens (tertiary/aromatic N) is 1. The Labute approximate surface area is 219 Å². The summed E-state index contributed by atoms with van der Waals surface area (Å²) in [5.41, 5.74) is 0.420. The van der Waals surface area contributed by atoms with Crippen LogP contribution in [0, 0.1) is 22.7 Å². The number of fused-ring (bicyclic) bond motifs is 1. The number of amides is 4. The minimum absolute atomic E-state index is 0.103. The number of hydrogen-bond acceptors (Lipinski definition) is 7. The zero-order valence-corrected chi connectivity index (χ0v) is 23.8. The maximum Gasteiger partial charge on any atom is 0.408 e. The molecule has 2 unspecified atom stereocenters. The number of carbonyl (C=O) groups is 5. The Balaban J connectivity index is 2.31. The van der Waals surface area contributed by atoms with Crippen molar-refractivity contribution in [2.45, 2.75) is 98.9 Å². The molecule has 2 rings (SSSR count). The Kier molecular flexibility index (Phi) is 9.05. The molecular weight excluding hydrogens is 480 g/mol. The maximum atomic E-state index is 13.9. The minimum atomic E-state index is -1.05. The third-order valence-corrected chi connectivity index (χ3v) is 7.16. The molecule has 0 aromatic carbocycles. The van der Waals surface area contributed by atoms with Crippen molar-refractivity contribution in [2.75, 3.05) is 13.7 Å². The number of ketones is 1. The van der Waals surface area contributed by atoms with Crippen LogP contribution in [0.1, 0.15) is 75.2 Å².